The van der Waals surface area contributed by atoms with E-state index in [1.54, 1.807) is 24.3 Å². The predicted molar refractivity (Wildman–Crippen MR) is 78.5 cm³/mol. The van der Waals surface area contributed by atoms with Gasteiger partial charge in [0, 0.05) is 11.6 Å². The molecule has 0 saturated carbocycles. The van der Waals surface area contributed by atoms with Gasteiger partial charge in [0.25, 0.3) is 0 Å². The lowest BCUT2D eigenvalue weighted by molar-refractivity contribution is -0.141. The molecule has 0 bridgehead atoms. The predicted octanol–water partition coefficient (Wildman–Crippen LogP) is 1.17. The van der Waals surface area contributed by atoms with Crippen molar-refractivity contribution in [3.05, 3.63) is 41.5 Å². The van der Waals surface area contributed by atoms with Crippen LogP contribution < -0.4 is 11.1 Å². The third-order valence-electron chi connectivity index (χ3n) is 2.81. The number of amides is 2. The standard InChI is InChI=1S/C15H18N2O4/c1-2-3-12(15(20)21)17-13(18)9-6-10-4-7-11(8-5-10)14(16)19/h4-9,12H,2-3H2,1H3,(H2,16,19)(H,17,18)(H,20,21)/b9-6+. The summed E-state index contributed by atoms with van der Waals surface area (Å²) in [5.41, 5.74) is 6.21. The van der Waals surface area contributed by atoms with Crippen molar-refractivity contribution in [1.82, 2.24) is 5.32 Å². The number of primary amides is 1. The molecular weight excluding hydrogens is 272 g/mol. The summed E-state index contributed by atoms with van der Waals surface area (Å²) in [6.07, 6.45) is 3.83. The van der Waals surface area contributed by atoms with E-state index in [1.807, 2.05) is 6.92 Å². The first-order chi connectivity index (χ1) is 9.93. The summed E-state index contributed by atoms with van der Waals surface area (Å²) >= 11 is 0. The second kappa shape index (κ2) is 7.84. The van der Waals surface area contributed by atoms with Crippen LogP contribution in [0, 0.1) is 0 Å². The molecule has 0 fully saturated rings. The van der Waals surface area contributed by atoms with Crippen LogP contribution in [0.5, 0.6) is 0 Å². The van der Waals surface area contributed by atoms with Crippen LogP contribution in [0.1, 0.15) is 35.7 Å². The number of nitrogens with one attached hydrogen (secondary N) is 1. The van der Waals surface area contributed by atoms with E-state index in [0.29, 0.717) is 24.0 Å². The number of benzene rings is 1. The number of hydrogen-bond acceptors (Lipinski definition) is 3. The van der Waals surface area contributed by atoms with E-state index in [1.165, 1.54) is 12.2 Å². The second-order valence-corrected chi connectivity index (χ2v) is 4.51. The number of carboxylic acid groups (broad SMARTS) is 1. The van der Waals surface area contributed by atoms with Crippen molar-refractivity contribution in [2.45, 2.75) is 25.8 Å². The van der Waals surface area contributed by atoms with Gasteiger partial charge in [0.1, 0.15) is 6.04 Å². The Labute approximate surface area is 122 Å². The zero-order chi connectivity index (χ0) is 15.8. The number of nitrogens with two attached hydrogens (primary N) is 1. The lowest BCUT2D eigenvalue weighted by Crippen LogP contribution is -2.39. The average Bonchev–Trinajstić information content (AvgIpc) is 2.45. The SMILES string of the molecule is CCCC(NC(=O)/C=C/c1ccc(C(N)=O)cc1)C(=O)O. The number of carbonyl (C=O) groups excluding carboxylic acids is 2. The molecule has 0 saturated heterocycles. The van der Waals surface area contributed by atoms with E-state index < -0.39 is 23.8 Å². The largest absolute Gasteiger partial charge is 0.480 e. The van der Waals surface area contributed by atoms with Crippen LogP contribution >= 0.6 is 0 Å². The number of hydrogen-bond donors (Lipinski definition) is 3. The minimum Gasteiger partial charge on any atom is -0.480 e. The zero-order valence-corrected chi connectivity index (χ0v) is 11.7. The van der Waals surface area contributed by atoms with Gasteiger partial charge in [-0.15, -0.1) is 0 Å². The molecule has 6 nitrogen and oxygen atoms in total. The molecule has 1 rings (SSSR count). The number of aliphatic carboxylic acids is 1. The van der Waals surface area contributed by atoms with E-state index >= 15 is 0 Å². The first-order valence-corrected chi connectivity index (χ1v) is 6.55. The molecule has 1 atom stereocenters. The molecule has 0 heterocycles. The first kappa shape index (κ1) is 16.4. The van der Waals surface area contributed by atoms with Gasteiger partial charge in [-0.1, -0.05) is 25.5 Å². The highest BCUT2D eigenvalue weighted by molar-refractivity contribution is 5.95. The molecule has 1 unspecified atom stereocenters. The number of carboxylic acids is 1. The maximum absolute atomic E-state index is 11.6. The fraction of sp³-hybridized carbons (Fsp3) is 0.267. The number of rotatable bonds is 7. The van der Waals surface area contributed by atoms with Crippen molar-refractivity contribution in [3.63, 3.8) is 0 Å². The van der Waals surface area contributed by atoms with Crippen molar-refractivity contribution in [2.24, 2.45) is 5.73 Å². The molecule has 4 N–H and O–H groups in total. The van der Waals surface area contributed by atoms with E-state index in [4.69, 9.17) is 10.8 Å². The van der Waals surface area contributed by atoms with Crippen LogP contribution in [-0.4, -0.2) is 28.9 Å². The molecule has 21 heavy (non-hydrogen) atoms. The van der Waals surface area contributed by atoms with Gasteiger partial charge in [-0.2, -0.15) is 0 Å². The van der Waals surface area contributed by atoms with Crippen LogP contribution in [0.15, 0.2) is 30.3 Å². The summed E-state index contributed by atoms with van der Waals surface area (Å²) in [7, 11) is 0. The highest BCUT2D eigenvalue weighted by Crippen LogP contribution is 2.06. The lowest BCUT2D eigenvalue weighted by Gasteiger charge is -2.11. The van der Waals surface area contributed by atoms with E-state index in [2.05, 4.69) is 5.32 Å². The summed E-state index contributed by atoms with van der Waals surface area (Å²) in [4.78, 5) is 33.5. The molecule has 1 aromatic rings. The van der Waals surface area contributed by atoms with Crippen LogP contribution in [0.2, 0.25) is 0 Å². The monoisotopic (exact) mass is 290 g/mol. The summed E-state index contributed by atoms with van der Waals surface area (Å²) in [5, 5.41) is 11.4. The minimum atomic E-state index is -1.05. The molecule has 6 heteroatoms. The molecule has 112 valence electrons. The van der Waals surface area contributed by atoms with Gasteiger partial charge in [-0.05, 0) is 30.2 Å². The Morgan fingerprint density at radius 1 is 1.29 bits per heavy atom. The van der Waals surface area contributed by atoms with Crippen LogP contribution in [-0.2, 0) is 9.59 Å². The molecule has 0 aliphatic rings. The quantitative estimate of drug-likeness (QED) is 0.655. The molecule has 0 spiro atoms. The van der Waals surface area contributed by atoms with Crippen LogP contribution in [0.4, 0.5) is 0 Å². The smallest absolute Gasteiger partial charge is 0.326 e. The maximum Gasteiger partial charge on any atom is 0.326 e. The van der Waals surface area contributed by atoms with Crippen molar-refractivity contribution in [1.29, 1.82) is 0 Å². The van der Waals surface area contributed by atoms with Gasteiger partial charge >= 0.3 is 5.97 Å². The van der Waals surface area contributed by atoms with E-state index in [9.17, 15) is 14.4 Å². The Morgan fingerprint density at radius 3 is 2.38 bits per heavy atom. The molecule has 2 amide bonds. The van der Waals surface area contributed by atoms with Crippen LogP contribution in [0.25, 0.3) is 6.08 Å². The van der Waals surface area contributed by atoms with Crippen LogP contribution in [0.3, 0.4) is 0 Å². The maximum atomic E-state index is 11.6. The van der Waals surface area contributed by atoms with Gasteiger partial charge in [0.2, 0.25) is 11.8 Å². The highest BCUT2D eigenvalue weighted by atomic mass is 16.4. The second-order valence-electron chi connectivity index (χ2n) is 4.51. The fourth-order valence-electron chi connectivity index (χ4n) is 1.70. The Bertz CT molecular complexity index is 549. The molecule has 0 radical (unpaired) electrons. The van der Waals surface area contributed by atoms with Crippen molar-refractivity contribution < 1.29 is 19.5 Å². The first-order valence-electron chi connectivity index (χ1n) is 6.55. The summed E-state index contributed by atoms with van der Waals surface area (Å²) in [6.45, 7) is 1.85. The van der Waals surface area contributed by atoms with Crippen molar-refractivity contribution in [3.8, 4) is 0 Å². The minimum absolute atomic E-state index is 0.377. The Kier molecular flexibility index (Phi) is 6.13. The van der Waals surface area contributed by atoms with Gasteiger partial charge in [0.15, 0.2) is 0 Å². The average molecular weight is 290 g/mol. The zero-order valence-electron chi connectivity index (χ0n) is 11.7. The molecule has 0 aliphatic carbocycles. The van der Waals surface area contributed by atoms with E-state index in [0.717, 1.165) is 0 Å². The Morgan fingerprint density at radius 2 is 1.90 bits per heavy atom. The highest BCUT2D eigenvalue weighted by Gasteiger charge is 2.17. The lowest BCUT2D eigenvalue weighted by atomic mass is 10.1. The fourth-order valence-corrected chi connectivity index (χ4v) is 1.70. The Balaban J connectivity index is 2.64. The topological polar surface area (TPSA) is 109 Å². The summed E-state index contributed by atoms with van der Waals surface area (Å²) < 4.78 is 0. The molecule has 0 aliphatic heterocycles. The Hall–Kier alpha value is -2.63. The third kappa shape index (κ3) is 5.48. The van der Waals surface area contributed by atoms with E-state index in [-0.39, 0.29) is 0 Å². The normalized spacial score (nSPS) is 12.0. The van der Waals surface area contributed by atoms with Gasteiger partial charge in [0.05, 0.1) is 0 Å². The molecular formula is C15H18N2O4. The summed E-state index contributed by atoms with van der Waals surface area (Å²) in [6, 6.07) is 5.51. The van der Waals surface area contributed by atoms with Crippen molar-refractivity contribution >= 4 is 23.9 Å². The molecule has 0 aromatic heterocycles. The number of carbonyl (C=O) groups is 3. The summed E-state index contributed by atoms with van der Waals surface area (Å²) in [5.74, 6) is -2.05. The molecule has 1 aromatic carbocycles. The van der Waals surface area contributed by atoms with Gasteiger partial charge < -0.3 is 16.2 Å². The van der Waals surface area contributed by atoms with Gasteiger partial charge in [-0.3, -0.25) is 9.59 Å². The third-order valence-corrected chi connectivity index (χ3v) is 2.81. The van der Waals surface area contributed by atoms with Gasteiger partial charge in [-0.25, -0.2) is 4.79 Å². The van der Waals surface area contributed by atoms with Crippen molar-refractivity contribution in [2.75, 3.05) is 0 Å².